The second-order valence-corrected chi connectivity index (χ2v) is 4.84. The third-order valence-corrected chi connectivity index (χ3v) is 3.06. The van der Waals surface area contributed by atoms with Gasteiger partial charge in [-0.05, 0) is 43.7 Å². The standard InChI is InChI=1S/C16H19NO4/c1-11-5-3-6-13(9-11)21-12(2)16(19)17-14(10-18)15-7-4-8-20-15/h3-9,12,14,18H,10H2,1-2H3,(H,17,19). The van der Waals surface area contributed by atoms with Crippen molar-refractivity contribution in [3.05, 3.63) is 54.0 Å². The van der Waals surface area contributed by atoms with Gasteiger partial charge in [-0.15, -0.1) is 0 Å². The van der Waals surface area contributed by atoms with Gasteiger partial charge < -0.3 is 19.6 Å². The van der Waals surface area contributed by atoms with Crippen LogP contribution in [0.1, 0.15) is 24.3 Å². The monoisotopic (exact) mass is 289 g/mol. The van der Waals surface area contributed by atoms with Gasteiger partial charge in [-0.25, -0.2) is 0 Å². The molecule has 0 aliphatic rings. The number of carbonyl (C=O) groups excluding carboxylic acids is 1. The molecule has 2 aromatic rings. The first kappa shape index (κ1) is 15.1. The first-order valence-corrected chi connectivity index (χ1v) is 6.78. The highest BCUT2D eigenvalue weighted by Gasteiger charge is 2.21. The second kappa shape index (κ2) is 6.95. The zero-order chi connectivity index (χ0) is 15.2. The van der Waals surface area contributed by atoms with Crippen LogP contribution in [0.2, 0.25) is 0 Å². The SMILES string of the molecule is Cc1cccc(OC(C)C(=O)NC(CO)c2ccco2)c1. The summed E-state index contributed by atoms with van der Waals surface area (Å²) in [6.45, 7) is 3.38. The van der Waals surface area contributed by atoms with Crippen LogP contribution in [0.5, 0.6) is 5.75 Å². The van der Waals surface area contributed by atoms with Gasteiger partial charge >= 0.3 is 0 Å². The highest BCUT2D eigenvalue weighted by Crippen LogP contribution is 2.16. The van der Waals surface area contributed by atoms with E-state index in [2.05, 4.69) is 5.32 Å². The molecule has 0 radical (unpaired) electrons. The van der Waals surface area contributed by atoms with Crippen LogP contribution in [0.3, 0.4) is 0 Å². The summed E-state index contributed by atoms with van der Waals surface area (Å²) >= 11 is 0. The van der Waals surface area contributed by atoms with Crippen molar-refractivity contribution in [2.24, 2.45) is 0 Å². The van der Waals surface area contributed by atoms with Gasteiger partial charge in [-0.3, -0.25) is 4.79 Å². The van der Waals surface area contributed by atoms with Crippen LogP contribution in [0.25, 0.3) is 0 Å². The minimum atomic E-state index is -0.671. The van der Waals surface area contributed by atoms with Crippen LogP contribution in [0.4, 0.5) is 0 Å². The van der Waals surface area contributed by atoms with Crippen LogP contribution in [0, 0.1) is 6.92 Å². The predicted octanol–water partition coefficient (Wildman–Crippen LogP) is 2.21. The normalized spacial score (nSPS) is 13.5. The molecule has 2 N–H and O–H groups in total. The summed E-state index contributed by atoms with van der Waals surface area (Å²) in [7, 11) is 0. The molecule has 112 valence electrons. The maximum Gasteiger partial charge on any atom is 0.261 e. The molecule has 2 atom stereocenters. The molecule has 5 heteroatoms. The van der Waals surface area contributed by atoms with E-state index in [1.807, 2.05) is 25.1 Å². The van der Waals surface area contributed by atoms with Crippen molar-refractivity contribution in [2.75, 3.05) is 6.61 Å². The van der Waals surface area contributed by atoms with E-state index in [1.54, 1.807) is 25.1 Å². The van der Waals surface area contributed by atoms with E-state index in [9.17, 15) is 9.90 Å². The van der Waals surface area contributed by atoms with Crippen LogP contribution in [-0.4, -0.2) is 23.7 Å². The summed E-state index contributed by atoms with van der Waals surface area (Å²) in [6, 6.07) is 10.3. The zero-order valence-corrected chi connectivity index (χ0v) is 12.1. The highest BCUT2D eigenvalue weighted by atomic mass is 16.5. The molecule has 1 heterocycles. The molecule has 1 aromatic carbocycles. The van der Waals surface area contributed by atoms with Crippen molar-refractivity contribution in [1.82, 2.24) is 5.32 Å². The van der Waals surface area contributed by atoms with E-state index < -0.39 is 12.1 Å². The van der Waals surface area contributed by atoms with Crippen molar-refractivity contribution in [1.29, 1.82) is 0 Å². The van der Waals surface area contributed by atoms with Gasteiger partial charge in [0.25, 0.3) is 5.91 Å². The van der Waals surface area contributed by atoms with Gasteiger partial charge in [0.05, 0.1) is 12.9 Å². The van der Waals surface area contributed by atoms with E-state index >= 15 is 0 Å². The van der Waals surface area contributed by atoms with Crippen LogP contribution in [-0.2, 0) is 4.79 Å². The molecule has 2 unspecified atom stereocenters. The lowest BCUT2D eigenvalue weighted by molar-refractivity contribution is -0.128. The van der Waals surface area contributed by atoms with Crippen LogP contribution in [0.15, 0.2) is 47.1 Å². The maximum absolute atomic E-state index is 12.1. The van der Waals surface area contributed by atoms with Crippen LogP contribution < -0.4 is 10.1 Å². The third kappa shape index (κ3) is 4.10. The molecular formula is C16H19NO4. The van der Waals surface area contributed by atoms with E-state index in [-0.39, 0.29) is 12.5 Å². The van der Waals surface area contributed by atoms with E-state index in [0.717, 1.165) is 5.56 Å². The van der Waals surface area contributed by atoms with Crippen LogP contribution >= 0.6 is 0 Å². The number of benzene rings is 1. The molecule has 0 bridgehead atoms. The Morgan fingerprint density at radius 1 is 1.38 bits per heavy atom. The maximum atomic E-state index is 12.1. The summed E-state index contributed by atoms with van der Waals surface area (Å²) in [4.78, 5) is 12.1. The van der Waals surface area contributed by atoms with E-state index in [1.165, 1.54) is 6.26 Å². The van der Waals surface area contributed by atoms with Gasteiger partial charge in [0.2, 0.25) is 0 Å². The number of furan rings is 1. The Balaban J connectivity index is 1.96. The minimum absolute atomic E-state index is 0.240. The highest BCUT2D eigenvalue weighted by molar-refractivity contribution is 5.81. The summed E-state index contributed by atoms with van der Waals surface area (Å²) in [5, 5.41) is 12.0. The third-order valence-electron chi connectivity index (χ3n) is 3.06. The Kier molecular flexibility index (Phi) is 5.00. The Morgan fingerprint density at radius 3 is 2.81 bits per heavy atom. The number of hydrogen-bond acceptors (Lipinski definition) is 4. The molecule has 2 rings (SSSR count). The number of hydrogen-bond donors (Lipinski definition) is 2. The average Bonchev–Trinajstić information content (AvgIpc) is 2.98. The Labute approximate surface area is 123 Å². The van der Waals surface area contributed by atoms with Gasteiger partial charge in [0.1, 0.15) is 17.6 Å². The van der Waals surface area contributed by atoms with Gasteiger partial charge in [-0.2, -0.15) is 0 Å². The number of rotatable bonds is 6. The topological polar surface area (TPSA) is 71.7 Å². The lowest BCUT2D eigenvalue weighted by atomic mass is 10.2. The fourth-order valence-corrected chi connectivity index (χ4v) is 1.93. The second-order valence-electron chi connectivity index (χ2n) is 4.84. The average molecular weight is 289 g/mol. The number of carbonyl (C=O) groups is 1. The van der Waals surface area contributed by atoms with Crippen molar-refractivity contribution < 1.29 is 19.1 Å². The smallest absolute Gasteiger partial charge is 0.261 e. The fourth-order valence-electron chi connectivity index (χ4n) is 1.93. The molecule has 0 spiro atoms. The molecule has 0 aliphatic carbocycles. The molecule has 0 aliphatic heterocycles. The molecule has 21 heavy (non-hydrogen) atoms. The van der Waals surface area contributed by atoms with Crippen molar-refractivity contribution in [3.8, 4) is 5.75 Å². The lowest BCUT2D eigenvalue weighted by Gasteiger charge is -2.19. The first-order valence-electron chi connectivity index (χ1n) is 6.78. The summed E-state index contributed by atoms with van der Waals surface area (Å²) in [6.07, 6.45) is 0.826. The Morgan fingerprint density at radius 2 is 2.19 bits per heavy atom. The minimum Gasteiger partial charge on any atom is -0.481 e. The van der Waals surface area contributed by atoms with Gasteiger partial charge in [-0.1, -0.05) is 12.1 Å². The van der Waals surface area contributed by atoms with Crippen molar-refractivity contribution in [2.45, 2.75) is 26.0 Å². The molecule has 1 amide bonds. The number of aryl methyl sites for hydroxylation is 1. The molecule has 0 saturated carbocycles. The number of nitrogens with one attached hydrogen (secondary N) is 1. The number of amides is 1. The largest absolute Gasteiger partial charge is 0.481 e. The summed E-state index contributed by atoms with van der Waals surface area (Å²) in [5.74, 6) is 0.830. The first-order chi connectivity index (χ1) is 10.1. The van der Waals surface area contributed by atoms with Gasteiger partial charge in [0.15, 0.2) is 6.10 Å². The summed E-state index contributed by atoms with van der Waals surface area (Å²) in [5.41, 5.74) is 1.06. The molecule has 5 nitrogen and oxygen atoms in total. The van der Waals surface area contributed by atoms with E-state index in [0.29, 0.717) is 11.5 Å². The quantitative estimate of drug-likeness (QED) is 0.855. The Bertz CT molecular complexity index is 580. The zero-order valence-electron chi connectivity index (χ0n) is 12.1. The fraction of sp³-hybridized carbons (Fsp3) is 0.312. The molecule has 0 fully saturated rings. The lowest BCUT2D eigenvalue weighted by Crippen LogP contribution is -2.39. The number of aliphatic hydroxyl groups is 1. The predicted molar refractivity (Wildman–Crippen MR) is 77.9 cm³/mol. The molecule has 0 saturated heterocycles. The van der Waals surface area contributed by atoms with Gasteiger partial charge in [0, 0.05) is 0 Å². The molecule has 1 aromatic heterocycles. The number of aliphatic hydroxyl groups excluding tert-OH is 1. The molecular weight excluding hydrogens is 270 g/mol. The Hall–Kier alpha value is -2.27. The van der Waals surface area contributed by atoms with E-state index in [4.69, 9.17) is 9.15 Å². The van der Waals surface area contributed by atoms with Crippen molar-refractivity contribution in [3.63, 3.8) is 0 Å². The van der Waals surface area contributed by atoms with Crippen molar-refractivity contribution >= 4 is 5.91 Å². The number of ether oxygens (including phenoxy) is 1. The summed E-state index contributed by atoms with van der Waals surface area (Å²) < 4.78 is 10.8.